The van der Waals surface area contributed by atoms with E-state index < -0.39 is 0 Å². The van der Waals surface area contributed by atoms with Crippen molar-refractivity contribution in [2.45, 2.75) is 65.3 Å². The minimum absolute atomic E-state index is 0.204. The van der Waals surface area contributed by atoms with Gasteiger partial charge in [0.05, 0.1) is 11.7 Å². The maximum Gasteiger partial charge on any atom is 0.338 e. The average molecular weight is 415 g/mol. The number of ketones is 1. The zero-order valence-corrected chi connectivity index (χ0v) is 18.3. The number of rotatable bonds is 11. The Balaban J connectivity index is 1.77. The number of esters is 1. The van der Waals surface area contributed by atoms with Gasteiger partial charge in [-0.05, 0) is 36.8 Å². The number of ether oxygens (including phenoxy) is 3. The highest BCUT2D eigenvalue weighted by Gasteiger charge is 2.40. The largest absolute Gasteiger partial charge is 0.459 e. The Bertz CT molecular complexity index is 708. The van der Waals surface area contributed by atoms with Gasteiger partial charge in [0.2, 0.25) is 0 Å². The SMILES string of the molecule is C#CCCC(=O)CCCCO[C@H]1OC(COC(=O)c2ccccc2)[C@@H](C)[C@H](C)C1C. The summed E-state index contributed by atoms with van der Waals surface area (Å²) in [7, 11) is 0. The first-order valence-electron chi connectivity index (χ1n) is 10.9. The molecule has 0 aliphatic carbocycles. The Morgan fingerprint density at radius 1 is 1.03 bits per heavy atom. The average Bonchev–Trinajstić information content (AvgIpc) is 2.76. The molecule has 1 aromatic carbocycles. The standard InChI is InChI=1S/C25H34O5/c1-5-6-14-22(26)15-10-11-16-28-25-20(4)18(2)19(3)23(30-25)17-29-24(27)21-12-8-7-9-13-21/h1,7-9,12-13,18-20,23,25H,6,10-11,14-17H2,2-4H3/t18-,19-,20?,23?,25-/m0/s1. The zero-order valence-electron chi connectivity index (χ0n) is 18.3. The summed E-state index contributed by atoms with van der Waals surface area (Å²) in [5.74, 6) is 3.21. The number of unbranched alkanes of at least 4 members (excludes halogenated alkanes) is 1. The van der Waals surface area contributed by atoms with Crippen LogP contribution in [-0.4, -0.2) is 37.4 Å². The first-order chi connectivity index (χ1) is 14.4. The molecule has 0 saturated carbocycles. The lowest BCUT2D eigenvalue weighted by molar-refractivity contribution is -0.254. The zero-order chi connectivity index (χ0) is 21.9. The van der Waals surface area contributed by atoms with Crippen LogP contribution in [0.15, 0.2) is 30.3 Å². The van der Waals surface area contributed by atoms with Crippen molar-refractivity contribution in [3.8, 4) is 12.3 Å². The second-order valence-electron chi connectivity index (χ2n) is 8.16. The van der Waals surface area contributed by atoms with Gasteiger partial charge < -0.3 is 14.2 Å². The van der Waals surface area contributed by atoms with Gasteiger partial charge >= 0.3 is 5.97 Å². The predicted octanol–water partition coefficient (Wildman–Crippen LogP) is 4.65. The molecule has 0 amide bonds. The van der Waals surface area contributed by atoms with Crippen molar-refractivity contribution in [1.29, 1.82) is 0 Å². The fraction of sp³-hybridized carbons (Fsp3) is 0.600. The van der Waals surface area contributed by atoms with E-state index in [1.165, 1.54) is 0 Å². The van der Waals surface area contributed by atoms with Crippen LogP contribution in [-0.2, 0) is 19.0 Å². The third-order valence-corrected chi connectivity index (χ3v) is 6.05. The van der Waals surface area contributed by atoms with E-state index in [-0.39, 0.29) is 42.6 Å². The summed E-state index contributed by atoms with van der Waals surface area (Å²) in [5.41, 5.74) is 0.534. The molecule has 2 rings (SSSR count). The van der Waals surface area contributed by atoms with Crippen LogP contribution in [0.5, 0.6) is 0 Å². The molecule has 164 valence electrons. The van der Waals surface area contributed by atoms with Crippen LogP contribution >= 0.6 is 0 Å². The number of hydrogen-bond acceptors (Lipinski definition) is 5. The van der Waals surface area contributed by atoms with Crippen LogP contribution in [0.3, 0.4) is 0 Å². The lowest BCUT2D eigenvalue weighted by atomic mass is 9.79. The first-order valence-corrected chi connectivity index (χ1v) is 10.9. The highest BCUT2D eigenvalue weighted by atomic mass is 16.7. The van der Waals surface area contributed by atoms with Gasteiger partial charge in [0.15, 0.2) is 6.29 Å². The van der Waals surface area contributed by atoms with Gasteiger partial charge in [-0.3, -0.25) is 4.79 Å². The number of Topliss-reactive ketones (excluding diaryl/α,β-unsaturated/α-hetero) is 1. The Kier molecular flexibility index (Phi) is 10.1. The summed E-state index contributed by atoms with van der Waals surface area (Å²) in [6.07, 6.45) is 7.73. The van der Waals surface area contributed by atoms with Crippen molar-refractivity contribution >= 4 is 11.8 Å². The summed E-state index contributed by atoms with van der Waals surface area (Å²) in [5, 5.41) is 0. The van der Waals surface area contributed by atoms with E-state index in [0.29, 0.717) is 37.4 Å². The van der Waals surface area contributed by atoms with E-state index in [0.717, 1.165) is 12.8 Å². The Labute approximate surface area is 180 Å². The van der Waals surface area contributed by atoms with Crippen molar-refractivity contribution in [2.24, 2.45) is 17.8 Å². The summed E-state index contributed by atoms with van der Waals surface area (Å²) in [4.78, 5) is 23.9. The minimum atomic E-state index is -0.343. The van der Waals surface area contributed by atoms with Crippen LogP contribution in [0.25, 0.3) is 0 Å². The third-order valence-electron chi connectivity index (χ3n) is 6.05. The van der Waals surface area contributed by atoms with Gasteiger partial charge in [-0.2, -0.15) is 0 Å². The molecule has 1 fully saturated rings. The van der Waals surface area contributed by atoms with E-state index in [1.807, 2.05) is 18.2 Å². The van der Waals surface area contributed by atoms with Gasteiger partial charge in [0.1, 0.15) is 12.4 Å². The summed E-state index contributed by atoms with van der Waals surface area (Å²) in [6, 6.07) is 8.96. The lowest BCUT2D eigenvalue weighted by Crippen LogP contribution is -2.48. The number of hydrogen-bond donors (Lipinski definition) is 0. The van der Waals surface area contributed by atoms with Crippen molar-refractivity contribution in [3.05, 3.63) is 35.9 Å². The molecule has 1 aromatic rings. The van der Waals surface area contributed by atoms with E-state index >= 15 is 0 Å². The Morgan fingerprint density at radius 3 is 2.47 bits per heavy atom. The smallest absolute Gasteiger partial charge is 0.338 e. The van der Waals surface area contributed by atoms with Crippen molar-refractivity contribution in [2.75, 3.05) is 13.2 Å². The van der Waals surface area contributed by atoms with E-state index in [4.69, 9.17) is 20.6 Å². The Hall–Kier alpha value is -2.16. The van der Waals surface area contributed by atoms with Gasteiger partial charge in [-0.15, -0.1) is 12.3 Å². The number of terminal acetylenes is 1. The predicted molar refractivity (Wildman–Crippen MR) is 116 cm³/mol. The molecule has 0 radical (unpaired) electrons. The molecule has 0 N–H and O–H groups in total. The van der Waals surface area contributed by atoms with Gasteiger partial charge in [-0.25, -0.2) is 4.79 Å². The number of carbonyl (C=O) groups excluding carboxylic acids is 2. The highest BCUT2D eigenvalue weighted by Crippen LogP contribution is 2.35. The molecule has 2 unspecified atom stereocenters. The van der Waals surface area contributed by atoms with Crippen LogP contribution in [0.2, 0.25) is 0 Å². The molecule has 5 atom stereocenters. The molecule has 0 bridgehead atoms. The molecule has 30 heavy (non-hydrogen) atoms. The maximum atomic E-state index is 12.2. The second kappa shape index (κ2) is 12.5. The van der Waals surface area contributed by atoms with E-state index in [9.17, 15) is 9.59 Å². The molecule has 5 heteroatoms. The highest BCUT2D eigenvalue weighted by molar-refractivity contribution is 5.89. The van der Waals surface area contributed by atoms with Crippen LogP contribution in [0.4, 0.5) is 0 Å². The molecule has 5 nitrogen and oxygen atoms in total. The Morgan fingerprint density at radius 2 is 1.77 bits per heavy atom. The van der Waals surface area contributed by atoms with Gasteiger partial charge in [0, 0.05) is 31.8 Å². The molecule has 1 aliphatic rings. The van der Waals surface area contributed by atoms with Crippen LogP contribution < -0.4 is 0 Å². The number of carbonyl (C=O) groups is 2. The molecule has 1 saturated heterocycles. The van der Waals surface area contributed by atoms with Crippen molar-refractivity contribution < 1.29 is 23.8 Å². The summed E-state index contributed by atoms with van der Waals surface area (Å²) in [6.45, 7) is 7.18. The molecular formula is C25H34O5. The fourth-order valence-corrected chi connectivity index (χ4v) is 3.64. The van der Waals surface area contributed by atoms with Gasteiger partial charge in [0.25, 0.3) is 0 Å². The lowest BCUT2D eigenvalue weighted by Gasteiger charge is -2.43. The minimum Gasteiger partial charge on any atom is -0.459 e. The maximum absolute atomic E-state index is 12.2. The topological polar surface area (TPSA) is 61.8 Å². The van der Waals surface area contributed by atoms with E-state index in [1.54, 1.807) is 12.1 Å². The van der Waals surface area contributed by atoms with E-state index in [2.05, 4.69) is 26.7 Å². The monoisotopic (exact) mass is 414 g/mol. The first kappa shape index (κ1) is 24.1. The van der Waals surface area contributed by atoms with Crippen molar-refractivity contribution in [3.63, 3.8) is 0 Å². The molecule has 0 spiro atoms. The summed E-state index contributed by atoms with van der Waals surface area (Å²) >= 11 is 0. The molecule has 1 aliphatic heterocycles. The van der Waals surface area contributed by atoms with Crippen molar-refractivity contribution in [1.82, 2.24) is 0 Å². The molecule has 1 heterocycles. The van der Waals surface area contributed by atoms with Crippen LogP contribution in [0, 0.1) is 30.1 Å². The third kappa shape index (κ3) is 7.27. The molecule has 0 aromatic heterocycles. The summed E-state index contributed by atoms with van der Waals surface area (Å²) < 4.78 is 17.7. The number of benzene rings is 1. The quantitative estimate of drug-likeness (QED) is 0.300. The normalized spacial score (nSPS) is 26.0. The molecular weight excluding hydrogens is 380 g/mol. The second-order valence-corrected chi connectivity index (χ2v) is 8.16. The van der Waals surface area contributed by atoms with Crippen LogP contribution in [0.1, 0.15) is 63.2 Å². The van der Waals surface area contributed by atoms with Gasteiger partial charge in [-0.1, -0.05) is 39.0 Å². The fourth-order valence-electron chi connectivity index (χ4n) is 3.64.